The molecule has 1 aromatic carbocycles. The highest BCUT2D eigenvalue weighted by Gasteiger charge is 2.15. The fourth-order valence-electron chi connectivity index (χ4n) is 2.99. The first-order valence-electron chi connectivity index (χ1n) is 8.96. The van der Waals surface area contributed by atoms with Gasteiger partial charge in [0.2, 0.25) is 0 Å². The van der Waals surface area contributed by atoms with Crippen molar-refractivity contribution in [2.24, 2.45) is 14.1 Å². The number of hydrogen-bond donors (Lipinski definition) is 1. The van der Waals surface area contributed by atoms with E-state index in [2.05, 4.69) is 10.1 Å². The van der Waals surface area contributed by atoms with Gasteiger partial charge in [0, 0.05) is 37.9 Å². The molecule has 30 heavy (non-hydrogen) atoms. The molecule has 4 aromatic rings. The van der Waals surface area contributed by atoms with E-state index in [1.165, 1.54) is 36.9 Å². The minimum Gasteiger partial charge on any atom is -0.455 e. The summed E-state index contributed by atoms with van der Waals surface area (Å²) in [6.07, 6.45) is 0. The molecule has 0 unspecified atom stereocenters. The Hall–Kier alpha value is -4.21. The zero-order valence-electron chi connectivity index (χ0n) is 16.2. The number of rotatable bonds is 4. The first-order chi connectivity index (χ1) is 14.3. The van der Waals surface area contributed by atoms with Crippen LogP contribution < -0.4 is 16.8 Å². The van der Waals surface area contributed by atoms with Gasteiger partial charge in [0.1, 0.15) is 12.3 Å². The van der Waals surface area contributed by atoms with Crippen LogP contribution in [0.15, 0.2) is 62.9 Å². The molecule has 3 heterocycles. The number of nitrogens with zero attached hydrogens (tertiary/aromatic N) is 4. The van der Waals surface area contributed by atoms with E-state index in [0.29, 0.717) is 5.69 Å². The Morgan fingerprint density at radius 1 is 1.00 bits per heavy atom. The summed E-state index contributed by atoms with van der Waals surface area (Å²) in [7, 11) is 2.84. The Balaban J connectivity index is 1.62. The molecule has 0 radical (unpaired) electrons. The summed E-state index contributed by atoms with van der Waals surface area (Å²) >= 11 is 0. The van der Waals surface area contributed by atoms with Gasteiger partial charge < -0.3 is 4.74 Å². The quantitative estimate of drug-likeness (QED) is 0.490. The molecular weight excluding hydrogens is 390 g/mol. The van der Waals surface area contributed by atoms with Crippen LogP contribution in [0, 0.1) is 0 Å². The zero-order valence-corrected chi connectivity index (χ0v) is 16.2. The van der Waals surface area contributed by atoms with Crippen LogP contribution in [0.2, 0.25) is 0 Å². The van der Waals surface area contributed by atoms with Crippen LogP contribution in [-0.2, 0) is 25.4 Å². The number of fused-ring (bicyclic) bond motifs is 1. The summed E-state index contributed by atoms with van der Waals surface area (Å²) in [6, 6.07) is 13.2. The predicted molar refractivity (Wildman–Crippen MR) is 107 cm³/mol. The Bertz CT molecular complexity index is 1440. The minimum atomic E-state index is -0.755. The van der Waals surface area contributed by atoms with Gasteiger partial charge in [0.05, 0.1) is 11.4 Å². The van der Waals surface area contributed by atoms with Gasteiger partial charge in [0.15, 0.2) is 5.65 Å². The van der Waals surface area contributed by atoms with Gasteiger partial charge in [-0.2, -0.15) is 0 Å². The highest BCUT2D eigenvalue weighted by molar-refractivity contribution is 5.88. The van der Waals surface area contributed by atoms with Crippen molar-refractivity contribution in [1.29, 1.82) is 0 Å². The van der Waals surface area contributed by atoms with E-state index in [4.69, 9.17) is 4.74 Å². The molecule has 10 nitrogen and oxygen atoms in total. The van der Waals surface area contributed by atoms with E-state index in [1.807, 2.05) is 30.3 Å². The lowest BCUT2D eigenvalue weighted by molar-refractivity contribution is 0.0455. The minimum absolute atomic E-state index is 0.0126. The number of aromatic nitrogens is 5. The number of carbonyl (C=O) groups excluding carboxylic acids is 1. The van der Waals surface area contributed by atoms with Gasteiger partial charge in [-0.25, -0.2) is 19.1 Å². The first-order valence-corrected chi connectivity index (χ1v) is 8.96. The fraction of sp³-hybridized carbons (Fsp3) is 0.150. The normalized spacial score (nSPS) is 11.0. The first kappa shape index (κ1) is 19.1. The van der Waals surface area contributed by atoms with Crippen molar-refractivity contribution >= 4 is 11.6 Å². The summed E-state index contributed by atoms with van der Waals surface area (Å²) in [6.45, 7) is -0.284. The summed E-state index contributed by atoms with van der Waals surface area (Å²) in [4.78, 5) is 53.0. The molecule has 0 aliphatic rings. The van der Waals surface area contributed by atoms with Crippen molar-refractivity contribution in [1.82, 2.24) is 23.7 Å². The van der Waals surface area contributed by atoms with Gasteiger partial charge >= 0.3 is 11.7 Å². The molecule has 4 rings (SSSR count). The maximum Gasteiger partial charge on any atom is 0.356 e. The average molecular weight is 407 g/mol. The smallest absolute Gasteiger partial charge is 0.356 e. The Kier molecular flexibility index (Phi) is 4.66. The maximum atomic E-state index is 12.4. The number of carbonyl (C=O) groups is 1. The third kappa shape index (κ3) is 3.34. The van der Waals surface area contributed by atoms with Crippen molar-refractivity contribution in [3.63, 3.8) is 0 Å². The van der Waals surface area contributed by atoms with Crippen molar-refractivity contribution < 1.29 is 9.53 Å². The van der Waals surface area contributed by atoms with Crippen LogP contribution in [0.4, 0.5) is 0 Å². The number of H-pyrrole nitrogens is 1. The van der Waals surface area contributed by atoms with E-state index in [1.54, 1.807) is 0 Å². The Morgan fingerprint density at radius 3 is 2.47 bits per heavy atom. The molecule has 0 fully saturated rings. The summed E-state index contributed by atoms with van der Waals surface area (Å²) in [5.41, 5.74) is 0.361. The molecule has 0 atom stereocenters. The molecule has 152 valence electrons. The number of esters is 1. The van der Waals surface area contributed by atoms with Crippen LogP contribution >= 0.6 is 0 Å². The molecule has 0 saturated heterocycles. The lowest BCUT2D eigenvalue weighted by Gasteiger charge is -2.09. The molecule has 3 aromatic heterocycles. The van der Waals surface area contributed by atoms with Crippen LogP contribution in [0.1, 0.15) is 16.2 Å². The number of nitrogens with one attached hydrogen (secondary N) is 1. The molecule has 1 N–H and O–H groups in total. The van der Waals surface area contributed by atoms with Crippen LogP contribution in [0.5, 0.6) is 0 Å². The molecule has 0 bridgehead atoms. The van der Waals surface area contributed by atoms with Crippen molar-refractivity contribution in [3.05, 3.63) is 91.1 Å². The molecule has 0 spiro atoms. The Labute approximate surface area is 168 Å². The number of benzene rings is 1. The summed E-state index contributed by atoms with van der Waals surface area (Å²) < 4.78 is 8.51. The van der Waals surface area contributed by atoms with E-state index >= 15 is 0 Å². The van der Waals surface area contributed by atoms with Gasteiger partial charge in [-0.3, -0.25) is 23.8 Å². The lowest BCUT2D eigenvalue weighted by atomic mass is 10.1. The monoisotopic (exact) mass is 407 g/mol. The SMILES string of the molecule is Cn1c(COC(=O)c2cc3nc(-c4ccccc4)cc(=O)n3[nH]2)cc(=O)n(C)c1=O. The second-order valence-corrected chi connectivity index (χ2v) is 6.66. The van der Waals surface area contributed by atoms with Crippen molar-refractivity contribution in [2.75, 3.05) is 0 Å². The predicted octanol–water partition coefficient (Wildman–Crippen LogP) is 0.444. The van der Waals surface area contributed by atoms with E-state index in [0.717, 1.165) is 14.6 Å². The van der Waals surface area contributed by atoms with Crippen molar-refractivity contribution in [3.8, 4) is 11.3 Å². The van der Waals surface area contributed by atoms with E-state index in [-0.39, 0.29) is 29.2 Å². The summed E-state index contributed by atoms with van der Waals surface area (Å²) in [5.74, 6) is -0.755. The lowest BCUT2D eigenvalue weighted by Crippen LogP contribution is -2.38. The Morgan fingerprint density at radius 2 is 1.73 bits per heavy atom. The second-order valence-electron chi connectivity index (χ2n) is 6.66. The van der Waals surface area contributed by atoms with E-state index < -0.39 is 17.2 Å². The molecule has 0 saturated carbocycles. The van der Waals surface area contributed by atoms with Gasteiger partial charge in [-0.1, -0.05) is 30.3 Å². The van der Waals surface area contributed by atoms with Gasteiger partial charge in [-0.15, -0.1) is 0 Å². The molecule has 10 heteroatoms. The van der Waals surface area contributed by atoms with Crippen LogP contribution in [-0.4, -0.2) is 29.7 Å². The molecule has 0 aliphatic heterocycles. The molecular formula is C20H17N5O5. The highest BCUT2D eigenvalue weighted by atomic mass is 16.5. The molecule has 0 amide bonds. The highest BCUT2D eigenvalue weighted by Crippen LogP contribution is 2.16. The third-order valence-corrected chi connectivity index (χ3v) is 4.72. The van der Waals surface area contributed by atoms with Gasteiger partial charge in [-0.05, 0) is 0 Å². The van der Waals surface area contributed by atoms with E-state index in [9.17, 15) is 19.2 Å². The van der Waals surface area contributed by atoms with Gasteiger partial charge in [0.25, 0.3) is 11.1 Å². The topological polar surface area (TPSA) is 120 Å². The fourth-order valence-corrected chi connectivity index (χ4v) is 2.99. The molecule has 0 aliphatic carbocycles. The maximum absolute atomic E-state index is 12.4. The summed E-state index contributed by atoms with van der Waals surface area (Å²) in [5, 5.41) is 2.66. The number of aromatic amines is 1. The average Bonchev–Trinajstić information content (AvgIpc) is 3.19. The number of hydrogen-bond acceptors (Lipinski definition) is 6. The third-order valence-electron chi connectivity index (χ3n) is 4.72. The van der Waals surface area contributed by atoms with Crippen molar-refractivity contribution in [2.45, 2.75) is 6.61 Å². The van der Waals surface area contributed by atoms with Crippen LogP contribution in [0.3, 0.4) is 0 Å². The number of ether oxygens (including phenoxy) is 1. The standard InChI is InChI=1S/C20H17N5O5/c1-23-13(8-17(26)24(2)20(23)29)11-30-19(28)15-9-16-21-14(10-18(27)25(16)22-15)12-6-4-3-5-7-12/h3-10,22H,11H2,1-2H3. The largest absolute Gasteiger partial charge is 0.455 e. The van der Waals surface area contributed by atoms with Crippen LogP contribution in [0.25, 0.3) is 16.9 Å². The zero-order chi connectivity index (χ0) is 21.4. The second kappa shape index (κ2) is 7.32.